The van der Waals surface area contributed by atoms with Gasteiger partial charge in [-0.05, 0) is 24.5 Å². The van der Waals surface area contributed by atoms with Crippen molar-refractivity contribution in [3.05, 3.63) is 35.4 Å². The Balaban J connectivity index is 0.00000208. The third-order valence-electron chi connectivity index (χ3n) is 5.01. The van der Waals surface area contributed by atoms with E-state index in [0.29, 0.717) is 13.0 Å². The van der Waals surface area contributed by atoms with Crippen molar-refractivity contribution in [2.75, 3.05) is 26.2 Å². The Morgan fingerprint density at radius 2 is 1.96 bits per heavy atom. The number of benzene rings is 1. The van der Waals surface area contributed by atoms with Gasteiger partial charge in [-0.25, -0.2) is 0 Å². The minimum Gasteiger partial charge on any atom is -0.337 e. The van der Waals surface area contributed by atoms with Crippen LogP contribution in [0.3, 0.4) is 0 Å². The summed E-state index contributed by atoms with van der Waals surface area (Å²) in [6, 6.07) is 8.27. The van der Waals surface area contributed by atoms with Gasteiger partial charge in [0.1, 0.15) is 0 Å². The molecule has 3 rings (SSSR count). The van der Waals surface area contributed by atoms with Crippen molar-refractivity contribution < 1.29 is 9.59 Å². The lowest BCUT2D eigenvalue weighted by molar-refractivity contribution is -0.138. The van der Waals surface area contributed by atoms with Crippen LogP contribution in [-0.4, -0.2) is 53.8 Å². The van der Waals surface area contributed by atoms with E-state index in [1.54, 1.807) is 6.92 Å². The van der Waals surface area contributed by atoms with Gasteiger partial charge in [-0.2, -0.15) is 0 Å². The predicted octanol–water partition coefficient (Wildman–Crippen LogP) is 1.76. The number of piperazine rings is 1. The number of rotatable bonds is 2. The summed E-state index contributed by atoms with van der Waals surface area (Å²) in [7, 11) is 0. The lowest BCUT2D eigenvalue weighted by atomic mass is 9.90. The molecule has 2 amide bonds. The number of hydrogen-bond acceptors (Lipinski definition) is 3. The highest BCUT2D eigenvalue weighted by Gasteiger charge is 2.33. The zero-order valence-electron chi connectivity index (χ0n) is 14.3. The molecule has 1 aromatic rings. The summed E-state index contributed by atoms with van der Waals surface area (Å²) in [4.78, 5) is 28.7. The van der Waals surface area contributed by atoms with Crippen molar-refractivity contribution in [1.29, 1.82) is 0 Å². The molecule has 2 aliphatic rings. The van der Waals surface area contributed by atoms with E-state index < -0.39 is 0 Å². The highest BCUT2D eigenvalue weighted by molar-refractivity contribution is 5.85. The van der Waals surface area contributed by atoms with E-state index >= 15 is 0 Å². The quantitative estimate of drug-likeness (QED) is 0.883. The Labute approximate surface area is 149 Å². The molecule has 0 radical (unpaired) electrons. The summed E-state index contributed by atoms with van der Waals surface area (Å²) >= 11 is 0. The number of carbonyl (C=O) groups excluding carboxylic acids is 2. The van der Waals surface area contributed by atoms with E-state index in [-0.39, 0.29) is 36.3 Å². The molecule has 0 aliphatic carbocycles. The number of nitrogens with zero attached hydrogens (tertiary/aromatic N) is 2. The molecule has 1 saturated heterocycles. The van der Waals surface area contributed by atoms with Crippen molar-refractivity contribution >= 4 is 24.2 Å². The molecule has 0 spiro atoms. The SMILES string of the molecule is CC(=O)N1CCc2ccccc2C1CC(=O)N1CCNC[C@@H]1C.Cl. The summed E-state index contributed by atoms with van der Waals surface area (Å²) in [6.07, 6.45) is 1.24. The van der Waals surface area contributed by atoms with Crippen LogP contribution in [0.25, 0.3) is 0 Å². The van der Waals surface area contributed by atoms with Crippen molar-refractivity contribution in [1.82, 2.24) is 15.1 Å². The van der Waals surface area contributed by atoms with Crippen LogP contribution in [0, 0.1) is 0 Å². The largest absolute Gasteiger partial charge is 0.337 e. The summed E-state index contributed by atoms with van der Waals surface area (Å²) in [5.74, 6) is 0.192. The van der Waals surface area contributed by atoms with Crippen LogP contribution < -0.4 is 5.32 Å². The molecule has 1 aromatic carbocycles. The van der Waals surface area contributed by atoms with Crippen LogP contribution >= 0.6 is 12.4 Å². The smallest absolute Gasteiger partial charge is 0.225 e. The standard InChI is InChI=1S/C18H25N3O2.ClH/c1-13-12-19-8-10-20(13)18(23)11-17-16-6-4-3-5-15(16)7-9-21(17)14(2)22;/h3-6,13,17,19H,7-12H2,1-2H3;1H/t13-,17?;/m0./s1. The molecule has 0 saturated carbocycles. The van der Waals surface area contributed by atoms with Gasteiger partial charge in [-0.3, -0.25) is 9.59 Å². The monoisotopic (exact) mass is 351 g/mol. The number of fused-ring (bicyclic) bond motifs is 1. The van der Waals surface area contributed by atoms with Crippen LogP contribution in [0.15, 0.2) is 24.3 Å². The third-order valence-corrected chi connectivity index (χ3v) is 5.01. The topological polar surface area (TPSA) is 52.7 Å². The predicted molar refractivity (Wildman–Crippen MR) is 96.2 cm³/mol. The molecule has 0 bridgehead atoms. The first kappa shape index (κ1) is 18.7. The second-order valence-corrected chi connectivity index (χ2v) is 6.52. The molecule has 1 fully saturated rings. The maximum absolute atomic E-state index is 12.8. The van der Waals surface area contributed by atoms with Crippen molar-refractivity contribution in [2.24, 2.45) is 0 Å². The van der Waals surface area contributed by atoms with E-state index in [0.717, 1.165) is 31.6 Å². The average molecular weight is 352 g/mol. The fourth-order valence-electron chi connectivity index (χ4n) is 3.74. The highest BCUT2D eigenvalue weighted by Crippen LogP contribution is 2.33. The first-order chi connectivity index (χ1) is 11.1. The first-order valence-electron chi connectivity index (χ1n) is 8.43. The van der Waals surface area contributed by atoms with Crippen LogP contribution in [0.4, 0.5) is 0 Å². The van der Waals surface area contributed by atoms with Gasteiger partial charge in [0.25, 0.3) is 0 Å². The lowest BCUT2D eigenvalue weighted by Crippen LogP contribution is -2.53. The molecule has 132 valence electrons. The van der Waals surface area contributed by atoms with Gasteiger partial charge >= 0.3 is 0 Å². The van der Waals surface area contributed by atoms with Crippen molar-refractivity contribution in [3.63, 3.8) is 0 Å². The van der Waals surface area contributed by atoms with Crippen LogP contribution in [0.1, 0.15) is 37.4 Å². The Bertz CT molecular complexity index is 608. The Kier molecular flexibility index (Phi) is 6.24. The minimum absolute atomic E-state index is 0. The normalized spacial score (nSPS) is 23.2. The van der Waals surface area contributed by atoms with Crippen LogP contribution in [-0.2, 0) is 16.0 Å². The Hall–Kier alpha value is -1.59. The summed E-state index contributed by atoms with van der Waals surface area (Å²) in [5.41, 5.74) is 2.39. The van der Waals surface area contributed by atoms with Gasteiger partial charge in [0.15, 0.2) is 0 Å². The molecule has 5 nitrogen and oxygen atoms in total. The number of nitrogens with one attached hydrogen (secondary N) is 1. The molecular weight excluding hydrogens is 326 g/mol. The van der Waals surface area contributed by atoms with E-state index in [1.165, 1.54) is 5.56 Å². The van der Waals surface area contributed by atoms with Gasteiger partial charge in [0.2, 0.25) is 11.8 Å². The highest BCUT2D eigenvalue weighted by atomic mass is 35.5. The molecule has 2 heterocycles. The molecule has 2 aliphatic heterocycles. The summed E-state index contributed by atoms with van der Waals surface area (Å²) in [5, 5.41) is 3.31. The van der Waals surface area contributed by atoms with Crippen molar-refractivity contribution in [3.8, 4) is 0 Å². The van der Waals surface area contributed by atoms with Crippen LogP contribution in [0.2, 0.25) is 0 Å². The summed E-state index contributed by atoms with van der Waals surface area (Å²) in [6.45, 7) is 6.79. The van der Waals surface area contributed by atoms with Gasteiger partial charge in [-0.1, -0.05) is 24.3 Å². The maximum atomic E-state index is 12.8. The van der Waals surface area contributed by atoms with E-state index in [1.807, 2.05) is 21.9 Å². The van der Waals surface area contributed by atoms with E-state index in [9.17, 15) is 9.59 Å². The molecule has 1 N–H and O–H groups in total. The second-order valence-electron chi connectivity index (χ2n) is 6.52. The third kappa shape index (κ3) is 3.73. The van der Waals surface area contributed by atoms with Crippen LogP contribution in [0.5, 0.6) is 0 Å². The number of hydrogen-bond donors (Lipinski definition) is 1. The molecule has 1 unspecified atom stereocenters. The molecule has 24 heavy (non-hydrogen) atoms. The van der Waals surface area contributed by atoms with Gasteiger partial charge < -0.3 is 15.1 Å². The van der Waals surface area contributed by atoms with Crippen molar-refractivity contribution in [2.45, 2.75) is 38.8 Å². The van der Waals surface area contributed by atoms with Gasteiger partial charge in [0, 0.05) is 39.1 Å². The second kappa shape index (κ2) is 7.99. The number of halogens is 1. The summed E-state index contributed by atoms with van der Waals surface area (Å²) < 4.78 is 0. The molecule has 6 heteroatoms. The van der Waals surface area contributed by atoms with E-state index in [4.69, 9.17) is 0 Å². The fraction of sp³-hybridized carbons (Fsp3) is 0.556. The van der Waals surface area contributed by atoms with Gasteiger partial charge in [0.05, 0.1) is 12.5 Å². The zero-order chi connectivity index (χ0) is 16.4. The van der Waals surface area contributed by atoms with Gasteiger partial charge in [-0.15, -0.1) is 12.4 Å². The molecule has 0 aromatic heterocycles. The average Bonchev–Trinajstić information content (AvgIpc) is 2.55. The minimum atomic E-state index is -0.132. The van der Waals surface area contributed by atoms with E-state index in [2.05, 4.69) is 24.4 Å². The fourth-order valence-corrected chi connectivity index (χ4v) is 3.74. The number of carbonyl (C=O) groups is 2. The zero-order valence-corrected chi connectivity index (χ0v) is 15.1. The maximum Gasteiger partial charge on any atom is 0.225 e. The molecular formula is C18H26ClN3O2. The lowest BCUT2D eigenvalue weighted by Gasteiger charge is -2.39. The first-order valence-corrected chi connectivity index (χ1v) is 8.43. The Morgan fingerprint density at radius 1 is 1.21 bits per heavy atom. The molecule has 2 atom stereocenters. The Morgan fingerprint density at radius 3 is 2.67 bits per heavy atom. The number of amides is 2.